The molecule has 1 saturated heterocycles. The van der Waals surface area contributed by atoms with E-state index in [0.29, 0.717) is 26.2 Å². The van der Waals surface area contributed by atoms with Crippen LogP contribution in [0.2, 0.25) is 0 Å². The zero-order chi connectivity index (χ0) is 17.6. The Morgan fingerprint density at radius 2 is 1.76 bits per heavy atom. The quantitative estimate of drug-likeness (QED) is 0.824. The minimum absolute atomic E-state index is 0.0992. The summed E-state index contributed by atoms with van der Waals surface area (Å²) in [6.45, 7) is 3.85. The Kier molecular flexibility index (Phi) is 5.83. The van der Waals surface area contributed by atoms with Crippen molar-refractivity contribution < 1.29 is 9.59 Å². The number of rotatable bonds is 5. The van der Waals surface area contributed by atoms with Gasteiger partial charge >= 0.3 is 0 Å². The number of nitrogens with zero attached hydrogens (tertiary/aromatic N) is 3. The Morgan fingerprint density at radius 3 is 2.40 bits per heavy atom. The molecule has 1 aliphatic heterocycles. The van der Waals surface area contributed by atoms with Crippen LogP contribution in [0.25, 0.3) is 0 Å². The number of thiophene rings is 1. The fourth-order valence-corrected chi connectivity index (χ4v) is 3.61. The maximum Gasteiger partial charge on any atom is 0.264 e. The van der Waals surface area contributed by atoms with Gasteiger partial charge < -0.3 is 9.80 Å². The number of hydrogen-bond acceptors (Lipinski definition) is 4. The number of piperazine rings is 1. The topological polar surface area (TPSA) is 43.9 Å². The van der Waals surface area contributed by atoms with Crippen LogP contribution in [0, 0.1) is 0 Å². The lowest BCUT2D eigenvalue weighted by molar-refractivity contribution is -0.132. The van der Waals surface area contributed by atoms with E-state index in [-0.39, 0.29) is 11.8 Å². The van der Waals surface area contributed by atoms with Crippen LogP contribution in [-0.2, 0) is 11.3 Å². The van der Waals surface area contributed by atoms with Gasteiger partial charge in [0.1, 0.15) is 0 Å². The second-order valence-electron chi connectivity index (χ2n) is 6.28. The summed E-state index contributed by atoms with van der Waals surface area (Å²) in [5.74, 6) is 0.212. The minimum Gasteiger partial charge on any atom is -0.340 e. The van der Waals surface area contributed by atoms with Crippen molar-refractivity contribution in [2.45, 2.75) is 6.54 Å². The first kappa shape index (κ1) is 17.6. The summed E-state index contributed by atoms with van der Waals surface area (Å²) < 4.78 is 0. The number of hydrogen-bond donors (Lipinski definition) is 0. The smallest absolute Gasteiger partial charge is 0.264 e. The van der Waals surface area contributed by atoms with Gasteiger partial charge in [-0.3, -0.25) is 14.5 Å². The molecule has 0 saturated carbocycles. The van der Waals surface area contributed by atoms with Crippen LogP contribution < -0.4 is 0 Å². The number of benzene rings is 1. The van der Waals surface area contributed by atoms with Gasteiger partial charge in [0, 0.05) is 39.8 Å². The minimum atomic E-state index is 0.0992. The predicted molar refractivity (Wildman–Crippen MR) is 99.6 cm³/mol. The average molecular weight is 357 g/mol. The van der Waals surface area contributed by atoms with E-state index >= 15 is 0 Å². The first-order chi connectivity index (χ1) is 12.1. The molecule has 2 heterocycles. The molecule has 1 aromatic heterocycles. The number of carbonyl (C=O) groups excluding carboxylic acids is 2. The molecule has 3 rings (SSSR count). The van der Waals surface area contributed by atoms with Crippen molar-refractivity contribution in [3.8, 4) is 0 Å². The van der Waals surface area contributed by atoms with Crippen molar-refractivity contribution in [2.24, 2.45) is 0 Å². The molecule has 1 aliphatic rings. The van der Waals surface area contributed by atoms with Gasteiger partial charge in [-0.15, -0.1) is 11.3 Å². The van der Waals surface area contributed by atoms with Crippen LogP contribution in [0.15, 0.2) is 47.8 Å². The SMILES string of the molecule is CN(Cc1ccccc1)C(=O)CN1CCN(C(=O)c2cccs2)CC1. The molecule has 1 fully saturated rings. The molecule has 25 heavy (non-hydrogen) atoms. The number of amides is 2. The second-order valence-corrected chi connectivity index (χ2v) is 7.23. The molecular formula is C19H23N3O2S. The molecular weight excluding hydrogens is 334 g/mol. The van der Waals surface area contributed by atoms with E-state index in [4.69, 9.17) is 0 Å². The molecule has 0 atom stereocenters. The van der Waals surface area contributed by atoms with Gasteiger partial charge in [0.15, 0.2) is 0 Å². The molecule has 0 radical (unpaired) electrons. The Labute approximate surface area is 152 Å². The molecule has 0 N–H and O–H groups in total. The van der Waals surface area contributed by atoms with Gasteiger partial charge in [-0.05, 0) is 17.0 Å². The van der Waals surface area contributed by atoms with Gasteiger partial charge in [-0.1, -0.05) is 36.4 Å². The summed E-state index contributed by atoms with van der Waals surface area (Å²) in [5, 5.41) is 1.92. The third-order valence-electron chi connectivity index (χ3n) is 4.44. The van der Waals surface area contributed by atoms with Gasteiger partial charge in [-0.25, -0.2) is 0 Å². The van der Waals surface area contributed by atoms with Gasteiger partial charge in [0.2, 0.25) is 5.91 Å². The summed E-state index contributed by atoms with van der Waals surface area (Å²) in [4.78, 5) is 31.3. The maximum atomic E-state index is 12.4. The normalized spacial score (nSPS) is 15.2. The molecule has 5 nitrogen and oxygen atoms in total. The van der Waals surface area contributed by atoms with E-state index in [0.717, 1.165) is 23.5 Å². The van der Waals surface area contributed by atoms with Crippen molar-refractivity contribution in [2.75, 3.05) is 39.8 Å². The molecule has 0 spiro atoms. The summed E-state index contributed by atoms with van der Waals surface area (Å²) in [5.41, 5.74) is 1.13. The van der Waals surface area contributed by atoms with Crippen LogP contribution in [-0.4, -0.2) is 66.3 Å². The first-order valence-corrected chi connectivity index (χ1v) is 9.34. The fraction of sp³-hybridized carbons (Fsp3) is 0.368. The second kappa shape index (κ2) is 8.27. The lowest BCUT2D eigenvalue weighted by Gasteiger charge is -2.34. The highest BCUT2D eigenvalue weighted by atomic mass is 32.1. The molecule has 2 aromatic rings. The Hall–Kier alpha value is -2.18. The Balaban J connectivity index is 1.45. The summed E-state index contributed by atoms with van der Waals surface area (Å²) in [6, 6.07) is 13.8. The number of carbonyl (C=O) groups is 2. The molecule has 0 bridgehead atoms. The van der Waals surface area contributed by atoms with E-state index in [1.165, 1.54) is 11.3 Å². The Bertz CT molecular complexity index is 695. The van der Waals surface area contributed by atoms with Crippen molar-refractivity contribution in [1.82, 2.24) is 14.7 Å². The van der Waals surface area contributed by atoms with Crippen molar-refractivity contribution in [3.63, 3.8) is 0 Å². The molecule has 0 unspecified atom stereocenters. The van der Waals surface area contributed by atoms with Crippen LogP contribution in [0.3, 0.4) is 0 Å². The highest BCUT2D eigenvalue weighted by molar-refractivity contribution is 7.12. The lowest BCUT2D eigenvalue weighted by Crippen LogP contribution is -2.51. The lowest BCUT2D eigenvalue weighted by atomic mass is 10.2. The van der Waals surface area contributed by atoms with E-state index in [2.05, 4.69) is 4.90 Å². The van der Waals surface area contributed by atoms with Gasteiger partial charge in [0.05, 0.1) is 11.4 Å². The highest BCUT2D eigenvalue weighted by Crippen LogP contribution is 2.14. The predicted octanol–water partition coefficient (Wildman–Crippen LogP) is 2.16. The van der Waals surface area contributed by atoms with Gasteiger partial charge in [-0.2, -0.15) is 0 Å². The zero-order valence-electron chi connectivity index (χ0n) is 14.4. The van der Waals surface area contributed by atoms with Crippen LogP contribution >= 0.6 is 11.3 Å². The third-order valence-corrected chi connectivity index (χ3v) is 5.30. The largest absolute Gasteiger partial charge is 0.340 e. The fourth-order valence-electron chi connectivity index (χ4n) is 2.92. The van der Waals surface area contributed by atoms with E-state index < -0.39 is 0 Å². The van der Waals surface area contributed by atoms with E-state index in [9.17, 15) is 9.59 Å². The highest BCUT2D eigenvalue weighted by Gasteiger charge is 2.24. The summed E-state index contributed by atoms with van der Waals surface area (Å²) >= 11 is 1.48. The van der Waals surface area contributed by atoms with Crippen LogP contribution in [0.1, 0.15) is 15.2 Å². The molecule has 1 aromatic carbocycles. The molecule has 0 aliphatic carbocycles. The Morgan fingerprint density at radius 1 is 1.04 bits per heavy atom. The standard InChI is InChI=1S/C19H23N3O2S/c1-20(14-16-6-3-2-4-7-16)18(23)15-21-9-11-22(12-10-21)19(24)17-8-5-13-25-17/h2-8,13H,9-12,14-15H2,1H3. The summed E-state index contributed by atoms with van der Waals surface area (Å²) in [7, 11) is 1.84. The molecule has 6 heteroatoms. The number of likely N-dealkylation sites (N-methyl/N-ethyl adjacent to an activating group) is 1. The zero-order valence-corrected chi connectivity index (χ0v) is 15.2. The average Bonchev–Trinajstić information content (AvgIpc) is 3.17. The maximum absolute atomic E-state index is 12.4. The van der Waals surface area contributed by atoms with E-state index in [1.807, 2.05) is 59.8 Å². The van der Waals surface area contributed by atoms with Crippen LogP contribution in [0.4, 0.5) is 0 Å². The van der Waals surface area contributed by atoms with Crippen molar-refractivity contribution >= 4 is 23.2 Å². The monoisotopic (exact) mass is 357 g/mol. The first-order valence-electron chi connectivity index (χ1n) is 8.46. The van der Waals surface area contributed by atoms with E-state index in [1.54, 1.807) is 4.90 Å². The third kappa shape index (κ3) is 4.67. The molecule has 2 amide bonds. The summed E-state index contributed by atoms with van der Waals surface area (Å²) in [6.07, 6.45) is 0. The van der Waals surface area contributed by atoms with Crippen molar-refractivity contribution in [3.05, 3.63) is 58.3 Å². The van der Waals surface area contributed by atoms with Crippen molar-refractivity contribution in [1.29, 1.82) is 0 Å². The molecule has 132 valence electrons. The van der Waals surface area contributed by atoms with Crippen LogP contribution in [0.5, 0.6) is 0 Å². The van der Waals surface area contributed by atoms with Gasteiger partial charge in [0.25, 0.3) is 5.91 Å².